The van der Waals surface area contributed by atoms with Gasteiger partial charge in [0.25, 0.3) is 0 Å². The Labute approximate surface area is 139 Å². The first kappa shape index (κ1) is 20.4. The van der Waals surface area contributed by atoms with Crippen molar-refractivity contribution in [3.63, 3.8) is 0 Å². The third kappa shape index (κ3) is 5.26. The summed E-state index contributed by atoms with van der Waals surface area (Å²) >= 11 is 8.39. The number of halogens is 2. The van der Waals surface area contributed by atoms with Gasteiger partial charge >= 0.3 is 0 Å². The largest absolute Gasteiger partial charge is 0.135 e. The van der Waals surface area contributed by atoms with Crippen LogP contribution in [0.2, 0.25) is 34.3 Å². The van der Waals surface area contributed by atoms with E-state index in [1.54, 1.807) is 0 Å². The molecule has 0 saturated heterocycles. The molecule has 0 aromatic heterocycles. The van der Waals surface area contributed by atoms with Crippen molar-refractivity contribution in [1.82, 2.24) is 0 Å². The average Bonchev–Trinajstić information content (AvgIpc) is 2.27. The van der Waals surface area contributed by atoms with Gasteiger partial charge in [0.1, 0.15) is 13.4 Å². The molecule has 0 spiro atoms. The Balaban J connectivity index is 4.65. The molecule has 0 amide bonds. The fraction of sp³-hybridized carbons (Fsp3) is 1.00. The highest BCUT2D eigenvalue weighted by molar-refractivity contribution is 9.26. The molecule has 0 nitrogen and oxygen atoms in total. The molecule has 0 atom stereocenters. The topological polar surface area (TPSA) is 0 Å². The number of rotatable bonds is 8. The molecule has 0 saturated carbocycles. The fourth-order valence-electron chi connectivity index (χ4n) is 3.12. The van der Waals surface area contributed by atoms with Crippen LogP contribution in [-0.4, -0.2) is 13.4 Å². The van der Waals surface area contributed by atoms with Gasteiger partial charge in [-0.25, -0.2) is 0 Å². The Morgan fingerprint density at radius 3 is 0.947 bits per heavy atom. The molecule has 4 heteroatoms. The Bertz CT molecular complexity index is 221. The van der Waals surface area contributed by atoms with Crippen molar-refractivity contribution < 1.29 is 0 Å². The minimum atomic E-state index is -1.26. The summed E-state index contributed by atoms with van der Waals surface area (Å²) in [6, 6.07) is 2.87. The Morgan fingerprint density at radius 2 is 0.789 bits per heavy atom. The van der Waals surface area contributed by atoms with Gasteiger partial charge < -0.3 is 0 Å². The van der Waals surface area contributed by atoms with Gasteiger partial charge in [0.2, 0.25) is 0 Å². The zero-order valence-electron chi connectivity index (χ0n) is 14.2. The molecule has 0 heterocycles. The number of hydrogen-bond donors (Lipinski definition) is 0. The first-order chi connectivity index (χ1) is 8.48. The molecule has 0 rings (SSSR count). The molecule has 0 aromatic carbocycles. The highest BCUT2D eigenvalue weighted by atomic mass is 79.9. The molecule has 0 aliphatic rings. The van der Waals surface area contributed by atoms with Gasteiger partial charge in [0.05, 0.1) is 0 Å². The van der Waals surface area contributed by atoms with E-state index < -0.39 is 13.4 Å². The van der Waals surface area contributed by atoms with Crippen molar-refractivity contribution in [2.24, 2.45) is 0 Å². The minimum absolute atomic E-state index is 0.831. The highest BCUT2D eigenvalue weighted by Crippen LogP contribution is 2.46. The molecule has 0 fully saturated rings. The molecular formula is C15H34Br2Si2. The van der Waals surface area contributed by atoms with Crippen LogP contribution in [0.4, 0.5) is 0 Å². The van der Waals surface area contributed by atoms with Crippen LogP contribution < -0.4 is 0 Å². The Kier molecular flexibility index (Phi) is 8.74. The second-order valence-corrected chi connectivity index (χ2v) is 25.5. The Morgan fingerprint density at radius 1 is 0.579 bits per heavy atom. The maximum atomic E-state index is 4.20. The average molecular weight is 430 g/mol. The van der Waals surface area contributed by atoms with Gasteiger partial charge in [0, 0.05) is 0 Å². The van der Waals surface area contributed by atoms with Crippen molar-refractivity contribution >= 4 is 44.0 Å². The zero-order valence-corrected chi connectivity index (χ0v) is 19.4. The third-order valence-electron chi connectivity index (χ3n) is 4.96. The lowest BCUT2D eigenvalue weighted by molar-refractivity contribution is 0.854. The quantitative estimate of drug-likeness (QED) is 0.273. The van der Waals surface area contributed by atoms with Gasteiger partial charge in [-0.2, -0.15) is 0 Å². The summed E-state index contributed by atoms with van der Waals surface area (Å²) < 4.78 is 0. The molecule has 0 N–H and O–H groups in total. The van der Waals surface area contributed by atoms with Crippen molar-refractivity contribution in [1.29, 1.82) is 0 Å². The maximum Gasteiger partial charge on any atom is 0.135 e. The molecular weight excluding hydrogens is 396 g/mol. The summed E-state index contributed by atoms with van der Waals surface area (Å²) in [5.74, 6) is 0. The van der Waals surface area contributed by atoms with Gasteiger partial charge in [-0.3, -0.25) is 0 Å². The number of hydrogen-bond acceptors (Lipinski definition) is 0. The summed E-state index contributed by atoms with van der Waals surface area (Å²) in [5, 5.41) is 0. The van der Waals surface area contributed by atoms with Crippen LogP contribution in [0.3, 0.4) is 0 Å². The van der Waals surface area contributed by atoms with E-state index in [0.29, 0.717) is 0 Å². The molecule has 0 unspecified atom stereocenters. The molecule has 19 heavy (non-hydrogen) atoms. The predicted molar refractivity (Wildman–Crippen MR) is 104 cm³/mol. The van der Waals surface area contributed by atoms with Crippen LogP contribution >= 0.6 is 30.6 Å². The summed E-state index contributed by atoms with van der Waals surface area (Å²) in [5.41, 5.74) is 3.32. The van der Waals surface area contributed by atoms with E-state index >= 15 is 0 Å². The lowest BCUT2D eigenvalue weighted by Crippen LogP contribution is -2.37. The second kappa shape index (κ2) is 8.14. The van der Waals surface area contributed by atoms with Gasteiger partial charge in [0.15, 0.2) is 0 Å². The van der Waals surface area contributed by atoms with Crippen LogP contribution in [0, 0.1) is 0 Å². The van der Waals surface area contributed by atoms with Gasteiger partial charge in [-0.05, 0) is 34.3 Å². The highest BCUT2D eigenvalue weighted by Gasteiger charge is 2.40. The second-order valence-electron chi connectivity index (χ2n) is 7.33. The summed E-state index contributed by atoms with van der Waals surface area (Å²) in [6.07, 6.45) is 1.40. The van der Waals surface area contributed by atoms with Crippen LogP contribution in [0.25, 0.3) is 0 Å². The van der Waals surface area contributed by atoms with Crippen LogP contribution in [0.15, 0.2) is 0 Å². The zero-order chi connectivity index (χ0) is 15.4. The van der Waals surface area contributed by atoms with E-state index in [9.17, 15) is 0 Å². The molecule has 0 aliphatic heterocycles. The molecule has 116 valence electrons. The van der Waals surface area contributed by atoms with E-state index in [1.807, 2.05) is 0 Å². The standard InChI is InChI=1S/C15H34Br2Si2/c1-12(2)18(16,13(3)4)10-9-11-19(17,14(5)6)15(7)8/h12-15H,9-11H2,1-8H3. The van der Waals surface area contributed by atoms with Gasteiger partial charge in [-0.1, -0.05) is 61.8 Å². The smallest absolute Gasteiger partial charge is 0.126 e. The van der Waals surface area contributed by atoms with E-state index in [-0.39, 0.29) is 0 Å². The van der Waals surface area contributed by atoms with Crippen molar-refractivity contribution in [2.75, 3.05) is 0 Å². The first-order valence-corrected chi connectivity index (χ1v) is 17.1. The summed E-state index contributed by atoms with van der Waals surface area (Å²) in [4.78, 5) is 0. The van der Waals surface area contributed by atoms with E-state index in [4.69, 9.17) is 0 Å². The van der Waals surface area contributed by atoms with Crippen LogP contribution in [-0.2, 0) is 0 Å². The predicted octanol–water partition coefficient (Wildman–Crippen LogP) is 7.70. The lowest BCUT2D eigenvalue weighted by Gasteiger charge is -2.37. The Hall–Kier alpha value is 1.39. The van der Waals surface area contributed by atoms with Gasteiger partial charge in [-0.15, -0.1) is 30.6 Å². The van der Waals surface area contributed by atoms with Crippen LogP contribution in [0.5, 0.6) is 0 Å². The molecule has 0 aromatic rings. The summed E-state index contributed by atoms with van der Waals surface area (Å²) in [7, 11) is 0. The van der Waals surface area contributed by atoms with E-state index in [2.05, 4.69) is 86.0 Å². The maximum absolute atomic E-state index is 4.20. The molecule has 0 aliphatic carbocycles. The summed E-state index contributed by atoms with van der Waals surface area (Å²) in [6.45, 7) is 16.7. The van der Waals surface area contributed by atoms with Crippen molar-refractivity contribution in [3.05, 3.63) is 0 Å². The lowest BCUT2D eigenvalue weighted by atomic mass is 10.5. The third-order valence-corrected chi connectivity index (χ3v) is 28.2. The van der Waals surface area contributed by atoms with Crippen molar-refractivity contribution in [2.45, 2.75) is 96.1 Å². The SMILES string of the molecule is CC(C)[Si](Br)(CCC[Si](Br)(C(C)C)C(C)C)C(C)C. The monoisotopic (exact) mass is 428 g/mol. The molecule has 0 bridgehead atoms. The van der Waals surface area contributed by atoms with Crippen molar-refractivity contribution in [3.8, 4) is 0 Å². The fourth-order valence-corrected chi connectivity index (χ4v) is 11.6. The van der Waals surface area contributed by atoms with Crippen LogP contribution in [0.1, 0.15) is 61.8 Å². The molecule has 0 radical (unpaired) electrons. The minimum Gasteiger partial charge on any atom is -0.126 e. The van der Waals surface area contributed by atoms with E-state index in [1.165, 1.54) is 18.5 Å². The first-order valence-electron chi connectivity index (χ1n) is 7.86. The van der Waals surface area contributed by atoms with E-state index in [0.717, 1.165) is 22.2 Å². The normalized spacial score (nSPS) is 14.2.